The van der Waals surface area contributed by atoms with Crippen molar-refractivity contribution in [2.24, 2.45) is 5.73 Å². The number of hydrogen-bond donors (Lipinski definition) is 1. The molecule has 0 aliphatic rings. The molecule has 2 aromatic rings. The third kappa shape index (κ3) is 3.87. The van der Waals surface area contributed by atoms with E-state index in [1.54, 1.807) is 0 Å². The zero-order chi connectivity index (χ0) is 15.1. The zero-order valence-corrected chi connectivity index (χ0v) is 12.8. The van der Waals surface area contributed by atoms with Crippen LogP contribution in [0.25, 0.3) is 0 Å². The van der Waals surface area contributed by atoms with Crippen LogP contribution in [0.3, 0.4) is 0 Å². The average molecular weight is 278 g/mol. The molecule has 0 heterocycles. The second kappa shape index (κ2) is 7.52. The van der Waals surface area contributed by atoms with Crippen molar-refractivity contribution in [2.75, 3.05) is 18.0 Å². The first-order valence-electron chi connectivity index (χ1n) is 7.33. The van der Waals surface area contributed by atoms with Gasteiger partial charge in [-0.1, -0.05) is 48.2 Å². The van der Waals surface area contributed by atoms with Crippen LogP contribution in [0, 0.1) is 18.8 Å². The topological polar surface area (TPSA) is 29.3 Å². The molecule has 0 bridgehead atoms. The quantitative estimate of drug-likeness (QED) is 0.869. The van der Waals surface area contributed by atoms with Crippen LogP contribution in [-0.2, 0) is 6.54 Å². The summed E-state index contributed by atoms with van der Waals surface area (Å²) >= 11 is 0. The van der Waals surface area contributed by atoms with Gasteiger partial charge in [0, 0.05) is 24.3 Å². The van der Waals surface area contributed by atoms with Crippen LogP contribution in [0.2, 0.25) is 0 Å². The lowest BCUT2D eigenvalue weighted by Crippen LogP contribution is -2.23. The van der Waals surface area contributed by atoms with Gasteiger partial charge in [0.2, 0.25) is 0 Å². The number of nitrogens with zero attached hydrogens (tertiary/aromatic N) is 1. The van der Waals surface area contributed by atoms with Gasteiger partial charge in [-0.2, -0.15) is 0 Å². The molecule has 2 N–H and O–H groups in total. The predicted molar refractivity (Wildman–Crippen MR) is 90.3 cm³/mol. The summed E-state index contributed by atoms with van der Waals surface area (Å²) in [6, 6.07) is 16.8. The summed E-state index contributed by atoms with van der Waals surface area (Å²) in [7, 11) is 0. The van der Waals surface area contributed by atoms with E-state index in [9.17, 15) is 0 Å². The van der Waals surface area contributed by atoms with E-state index in [-0.39, 0.29) is 0 Å². The Hall–Kier alpha value is -2.24. The highest BCUT2D eigenvalue weighted by molar-refractivity contribution is 5.54. The normalized spacial score (nSPS) is 9.86. The van der Waals surface area contributed by atoms with Crippen molar-refractivity contribution in [3.8, 4) is 11.8 Å². The van der Waals surface area contributed by atoms with E-state index in [0.717, 1.165) is 18.7 Å². The Bertz CT molecular complexity index is 650. The monoisotopic (exact) mass is 278 g/mol. The van der Waals surface area contributed by atoms with Crippen molar-refractivity contribution >= 4 is 5.69 Å². The van der Waals surface area contributed by atoms with Gasteiger partial charge in [0.1, 0.15) is 0 Å². The molecule has 0 saturated heterocycles. The molecular weight excluding hydrogens is 256 g/mol. The molecule has 108 valence electrons. The Balaban J connectivity index is 2.29. The van der Waals surface area contributed by atoms with Crippen molar-refractivity contribution in [3.63, 3.8) is 0 Å². The molecule has 2 nitrogen and oxygen atoms in total. The van der Waals surface area contributed by atoms with E-state index in [2.05, 4.69) is 73.1 Å². The summed E-state index contributed by atoms with van der Waals surface area (Å²) in [6.07, 6.45) is 0. The van der Waals surface area contributed by atoms with Gasteiger partial charge in [-0.05, 0) is 37.1 Å². The minimum Gasteiger partial charge on any atom is -0.367 e. The van der Waals surface area contributed by atoms with Crippen molar-refractivity contribution in [2.45, 2.75) is 20.4 Å². The van der Waals surface area contributed by atoms with Gasteiger partial charge < -0.3 is 10.6 Å². The molecule has 0 spiro atoms. The Labute approximate surface area is 127 Å². The fourth-order valence-corrected chi connectivity index (χ4v) is 2.42. The van der Waals surface area contributed by atoms with Crippen molar-refractivity contribution in [3.05, 3.63) is 65.2 Å². The maximum atomic E-state index is 5.48. The van der Waals surface area contributed by atoms with Crippen LogP contribution in [0.15, 0.2) is 48.5 Å². The molecule has 0 aliphatic carbocycles. The van der Waals surface area contributed by atoms with Gasteiger partial charge >= 0.3 is 0 Å². The smallest absolute Gasteiger partial charge is 0.0555 e. The fraction of sp³-hybridized carbons (Fsp3) is 0.263. The third-order valence-corrected chi connectivity index (χ3v) is 3.54. The van der Waals surface area contributed by atoms with E-state index in [1.165, 1.54) is 16.8 Å². The average Bonchev–Trinajstić information content (AvgIpc) is 2.52. The molecule has 0 fully saturated rings. The van der Waals surface area contributed by atoms with Crippen LogP contribution in [0.5, 0.6) is 0 Å². The van der Waals surface area contributed by atoms with Gasteiger partial charge in [-0.25, -0.2) is 0 Å². The lowest BCUT2D eigenvalue weighted by molar-refractivity contribution is 0.826. The maximum absolute atomic E-state index is 5.48. The predicted octanol–water partition coefficient (Wildman–Crippen LogP) is 3.33. The van der Waals surface area contributed by atoms with E-state index < -0.39 is 0 Å². The van der Waals surface area contributed by atoms with E-state index in [0.29, 0.717) is 6.54 Å². The minimum absolute atomic E-state index is 0.392. The van der Waals surface area contributed by atoms with Crippen molar-refractivity contribution < 1.29 is 0 Å². The molecule has 2 rings (SSSR count). The summed E-state index contributed by atoms with van der Waals surface area (Å²) in [5.74, 6) is 6.11. The molecule has 0 radical (unpaired) electrons. The Morgan fingerprint density at radius 3 is 2.48 bits per heavy atom. The SMILES string of the molecule is CCN(Cc1ccccc1C#CCN)c1ccccc1C. The van der Waals surface area contributed by atoms with Crippen molar-refractivity contribution in [1.82, 2.24) is 0 Å². The molecule has 0 aromatic heterocycles. The molecule has 0 atom stereocenters. The highest BCUT2D eigenvalue weighted by atomic mass is 15.1. The van der Waals surface area contributed by atoms with Crippen LogP contribution < -0.4 is 10.6 Å². The standard InChI is InChI=1S/C19H22N2/c1-3-21(19-13-7-4-9-16(19)2)15-18-11-6-5-10-17(18)12-8-14-20/h4-7,9-11,13H,3,14-15,20H2,1-2H3. The van der Waals surface area contributed by atoms with Crippen LogP contribution >= 0.6 is 0 Å². The zero-order valence-electron chi connectivity index (χ0n) is 12.8. The highest BCUT2D eigenvalue weighted by Gasteiger charge is 2.09. The first kappa shape index (κ1) is 15.2. The third-order valence-electron chi connectivity index (χ3n) is 3.54. The van der Waals surface area contributed by atoms with Gasteiger partial charge in [0.05, 0.1) is 6.54 Å². The minimum atomic E-state index is 0.392. The van der Waals surface area contributed by atoms with Crippen LogP contribution in [-0.4, -0.2) is 13.1 Å². The van der Waals surface area contributed by atoms with Gasteiger partial charge in [-0.15, -0.1) is 0 Å². The molecule has 0 saturated carbocycles. The second-order valence-corrected chi connectivity index (χ2v) is 4.96. The summed E-state index contributed by atoms with van der Waals surface area (Å²) in [5.41, 5.74) is 10.4. The van der Waals surface area contributed by atoms with Crippen LogP contribution in [0.1, 0.15) is 23.6 Å². The summed E-state index contributed by atoms with van der Waals surface area (Å²) in [5, 5.41) is 0. The number of aryl methyl sites for hydroxylation is 1. The number of benzene rings is 2. The maximum Gasteiger partial charge on any atom is 0.0555 e. The summed E-state index contributed by atoms with van der Waals surface area (Å²) < 4.78 is 0. The fourth-order valence-electron chi connectivity index (χ4n) is 2.42. The molecule has 2 aromatic carbocycles. The van der Waals surface area contributed by atoms with Gasteiger partial charge in [0.25, 0.3) is 0 Å². The first-order valence-corrected chi connectivity index (χ1v) is 7.33. The number of anilines is 1. The molecule has 2 heteroatoms. The van der Waals surface area contributed by atoms with Gasteiger partial charge in [0.15, 0.2) is 0 Å². The van der Waals surface area contributed by atoms with E-state index in [1.807, 2.05) is 6.07 Å². The molecule has 0 amide bonds. The summed E-state index contributed by atoms with van der Waals surface area (Å²) in [6.45, 7) is 6.54. The largest absolute Gasteiger partial charge is 0.367 e. The number of rotatable bonds is 4. The van der Waals surface area contributed by atoms with Crippen molar-refractivity contribution in [1.29, 1.82) is 0 Å². The lowest BCUT2D eigenvalue weighted by atomic mass is 10.1. The number of nitrogens with two attached hydrogens (primary N) is 1. The first-order chi connectivity index (χ1) is 10.3. The van der Waals surface area contributed by atoms with E-state index >= 15 is 0 Å². The summed E-state index contributed by atoms with van der Waals surface area (Å²) in [4.78, 5) is 2.37. The van der Waals surface area contributed by atoms with Gasteiger partial charge in [-0.3, -0.25) is 0 Å². The Kier molecular flexibility index (Phi) is 5.43. The highest BCUT2D eigenvalue weighted by Crippen LogP contribution is 2.22. The van der Waals surface area contributed by atoms with E-state index in [4.69, 9.17) is 5.73 Å². The molecule has 0 aliphatic heterocycles. The second-order valence-electron chi connectivity index (χ2n) is 4.96. The molecule has 0 unspecified atom stereocenters. The molecule has 21 heavy (non-hydrogen) atoms. The van der Waals surface area contributed by atoms with Crippen LogP contribution in [0.4, 0.5) is 5.69 Å². The Morgan fingerprint density at radius 2 is 1.76 bits per heavy atom. The number of para-hydroxylation sites is 1. The Morgan fingerprint density at radius 1 is 1.05 bits per heavy atom. The molecular formula is C19H22N2. The lowest BCUT2D eigenvalue weighted by Gasteiger charge is -2.25. The number of hydrogen-bond acceptors (Lipinski definition) is 2.